The Hall–Kier alpha value is -3.62. The van der Waals surface area contributed by atoms with E-state index in [-0.39, 0.29) is 11.8 Å². The third kappa shape index (κ3) is 4.45. The summed E-state index contributed by atoms with van der Waals surface area (Å²) in [5, 5.41) is 7.32. The second-order valence-corrected chi connectivity index (χ2v) is 6.48. The fraction of sp³-hybridized carbons (Fsp3) is 0.150. The third-order valence-electron chi connectivity index (χ3n) is 4.46. The van der Waals surface area contributed by atoms with Crippen molar-refractivity contribution in [2.75, 3.05) is 11.9 Å². The van der Waals surface area contributed by atoms with Crippen LogP contribution < -0.4 is 15.4 Å². The van der Waals surface area contributed by atoms with Gasteiger partial charge in [-0.15, -0.1) is 13.2 Å². The summed E-state index contributed by atoms with van der Waals surface area (Å²) in [6.45, 7) is 0.367. The molecule has 29 heavy (non-hydrogen) atoms. The molecule has 0 aliphatic rings. The quantitative estimate of drug-likeness (QED) is 0.383. The molecule has 2 aromatic carbocycles. The summed E-state index contributed by atoms with van der Waals surface area (Å²) >= 11 is 0. The Labute approximate surface area is 163 Å². The molecule has 0 saturated heterocycles. The fourth-order valence-electron chi connectivity index (χ4n) is 3.19. The fourth-order valence-corrected chi connectivity index (χ4v) is 3.19. The lowest BCUT2D eigenvalue weighted by atomic mass is 10.1. The van der Waals surface area contributed by atoms with Crippen molar-refractivity contribution in [3.05, 3.63) is 60.4 Å². The number of hydrogen-bond acceptors (Lipinski definition) is 2. The Morgan fingerprint density at radius 2 is 1.90 bits per heavy atom. The highest BCUT2D eigenvalue weighted by Gasteiger charge is 2.31. The normalized spacial score (nSPS) is 11.7. The van der Waals surface area contributed by atoms with Gasteiger partial charge in [-0.25, -0.2) is 4.79 Å². The molecule has 4 aromatic rings. The summed E-state index contributed by atoms with van der Waals surface area (Å²) in [4.78, 5) is 18.1. The predicted molar refractivity (Wildman–Crippen MR) is 104 cm³/mol. The number of anilines is 1. The van der Waals surface area contributed by atoms with Gasteiger partial charge >= 0.3 is 12.4 Å². The molecule has 2 heterocycles. The van der Waals surface area contributed by atoms with E-state index in [9.17, 15) is 18.0 Å². The minimum Gasteiger partial charge on any atom is -0.406 e. The highest BCUT2D eigenvalue weighted by atomic mass is 19.4. The van der Waals surface area contributed by atoms with Crippen LogP contribution in [0.4, 0.5) is 23.7 Å². The zero-order chi connectivity index (χ0) is 20.4. The van der Waals surface area contributed by atoms with Gasteiger partial charge in [0.05, 0.1) is 0 Å². The second-order valence-electron chi connectivity index (χ2n) is 6.48. The zero-order valence-corrected chi connectivity index (χ0v) is 15.1. The summed E-state index contributed by atoms with van der Waals surface area (Å²) in [6.07, 6.45) is -0.675. The summed E-state index contributed by atoms with van der Waals surface area (Å²) in [6, 6.07) is 11.3. The lowest BCUT2D eigenvalue weighted by Crippen LogP contribution is -2.30. The van der Waals surface area contributed by atoms with Crippen molar-refractivity contribution >= 4 is 33.5 Å². The molecule has 4 rings (SSSR count). The molecule has 4 N–H and O–H groups in total. The van der Waals surface area contributed by atoms with E-state index in [1.807, 2.05) is 24.4 Å². The van der Waals surface area contributed by atoms with Crippen molar-refractivity contribution in [2.24, 2.45) is 0 Å². The number of nitrogens with one attached hydrogen (secondary N) is 4. The smallest absolute Gasteiger partial charge is 0.406 e. The molecule has 2 aromatic heterocycles. The van der Waals surface area contributed by atoms with Gasteiger partial charge in [-0.2, -0.15) is 0 Å². The highest BCUT2D eigenvalue weighted by Crippen LogP contribution is 2.27. The van der Waals surface area contributed by atoms with Crippen LogP contribution in [-0.2, 0) is 6.42 Å². The van der Waals surface area contributed by atoms with E-state index in [0.29, 0.717) is 24.2 Å². The summed E-state index contributed by atoms with van der Waals surface area (Å²) < 4.78 is 40.9. The van der Waals surface area contributed by atoms with Crippen molar-refractivity contribution < 1.29 is 22.7 Å². The Bertz CT molecular complexity index is 1160. The van der Waals surface area contributed by atoms with Gasteiger partial charge in [-0.1, -0.05) is 0 Å². The molecular formula is C20H17F3N4O2. The molecular weight excluding hydrogens is 385 g/mol. The van der Waals surface area contributed by atoms with Gasteiger partial charge in [-0.3, -0.25) is 0 Å². The van der Waals surface area contributed by atoms with Crippen LogP contribution in [0.3, 0.4) is 0 Å². The second kappa shape index (κ2) is 7.42. The summed E-state index contributed by atoms with van der Waals surface area (Å²) in [5.74, 6) is -0.282. The molecule has 9 heteroatoms. The van der Waals surface area contributed by atoms with Gasteiger partial charge in [0.25, 0.3) is 0 Å². The molecule has 0 atom stereocenters. The maximum Gasteiger partial charge on any atom is 0.573 e. The Morgan fingerprint density at radius 1 is 1.03 bits per heavy atom. The third-order valence-corrected chi connectivity index (χ3v) is 4.46. The number of aromatic amines is 2. The van der Waals surface area contributed by atoms with Crippen molar-refractivity contribution in [2.45, 2.75) is 12.8 Å². The molecule has 0 unspecified atom stereocenters. The highest BCUT2D eigenvalue weighted by molar-refractivity contribution is 5.92. The molecule has 2 amide bonds. The number of hydrogen-bond donors (Lipinski definition) is 4. The number of amides is 2. The number of urea groups is 1. The standard InChI is InChI=1S/C20H17F3N4O2/c21-20(22,23)29-15-2-3-16-13(11-26-18(16)10-15)6-8-25-19(28)27-14-1-4-17-12(9-14)5-7-24-17/h1-5,7,9-11,24,26H,6,8H2,(H2,25,27,28). The van der Waals surface area contributed by atoms with Crippen LogP contribution in [0, 0.1) is 0 Å². The van der Waals surface area contributed by atoms with Crippen LogP contribution in [0.2, 0.25) is 0 Å². The van der Waals surface area contributed by atoms with Gasteiger partial charge in [0.2, 0.25) is 0 Å². The topological polar surface area (TPSA) is 81.9 Å². The number of alkyl halides is 3. The van der Waals surface area contributed by atoms with E-state index in [1.54, 1.807) is 18.3 Å². The van der Waals surface area contributed by atoms with Crippen LogP contribution in [0.5, 0.6) is 5.75 Å². The predicted octanol–water partition coefficient (Wildman–Crippen LogP) is 4.91. The van der Waals surface area contributed by atoms with Crippen molar-refractivity contribution in [3.8, 4) is 5.75 Å². The average molecular weight is 402 g/mol. The number of H-pyrrole nitrogens is 2. The Kier molecular flexibility index (Phi) is 4.79. The van der Waals surface area contributed by atoms with E-state index in [4.69, 9.17) is 0 Å². The number of aromatic nitrogens is 2. The molecule has 0 bridgehead atoms. The molecule has 0 fully saturated rings. The van der Waals surface area contributed by atoms with E-state index in [0.717, 1.165) is 21.9 Å². The van der Waals surface area contributed by atoms with Gasteiger partial charge in [-0.05, 0) is 48.4 Å². The van der Waals surface area contributed by atoms with Crippen LogP contribution >= 0.6 is 0 Å². The molecule has 6 nitrogen and oxygen atoms in total. The molecule has 0 saturated carbocycles. The lowest BCUT2D eigenvalue weighted by Gasteiger charge is -2.09. The summed E-state index contributed by atoms with van der Waals surface area (Å²) in [5.41, 5.74) is 3.08. The van der Waals surface area contributed by atoms with Crippen LogP contribution in [0.1, 0.15) is 5.56 Å². The monoisotopic (exact) mass is 402 g/mol. The van der Waals surface area contributed by atoms with Gasteiger partial charge in [0, 0.05) is 52.5 Å². The van der Waals surface area contributed by atoms with E-state index >= 15 is 0 Å². The minimum absolute atomic E-state index is 0.282. The first-order valence-electron chi connectivity index (χ1n) is 8.85. The maximum atomic E-state index is 12.3. The van der Waals surface area contributed by atoms with E-state index in [1.165, 1.54) is 12.1 Å². The minimum atomic E-state index is -4.73. The van der Waals surface area contributed by atoms with Crippen LogP contribution in [0.25, 0.3) is 21.8 Å². The zero-order valence-electron chi connectivity index (χ0n) is 15.1. The number of fused-ring (bicyclic) bond motifs is 2. The number of carbonyl (C=O) groups is 1. The first-order chi connectivity index (χ1) is 13.9. The molecule has 0 radical (unpaired) electrons. The first kappa shape index (κ1) is 18.7. The SMILES string of the molecule is O=C(NCCc1c[nH]c2cc(OC(F)(F)F)ccc12)Nc1ccc2[nH]ccc2c1. The molecule has 0 aliphatic carbocycles. The van der Waals surface area contributed by atoms with Gasteiger partial charge in [0.1, 0.15) is 5.75 Å². The number of carbonyl (C=O) groups excluding carboxylic acids is 1. The average Bonchev–Trinajstić information content (AvgIpc) is 3.26. The van der Waals surface area contributed by atoms with Crippen LogP contribution in [0.15, 0.2) is 54.9 Å². The molecule has 0 aliphatic heterocycles. The van der Waals surface area contributed by atoms with Gasteiger partial charge in [0.15, 0.2) is 0 Å². The maximum absolute atomic E-state index is 12.3. The number of rotatable bonds is 5. The van der Waals surface area contributed by atoms with Gasteiger partial charge < -0.3 is 25.3 Å². The number of ether oxygens (including phenoxy) is 1. The largest absolute Gasteiger partial charge is 0.573 e. The van der Waals surface area contributed by atoms with Crippen molar-refractivity contribution in [1.82, 2.24) is 15.3 Å². The number of benzene rings is 2. The molecule has 150 valence electrons. The van der Waals surface area contributed by atoms with E-state index < -0.39 is 6.36 Å². The van der Waals surface area contributed by atoms with E-state index in [2.05, 4.69) is 25.3 Å². The van der Waals surface area contributed by atoms with Crippen molar-refractivity contribution in [1.29, 1.82) is 0 Å². The Balaban J connectivity index is 1.33. The lowest BCUT2D eigenvalue weighted by molar-refractivity contribution is -0.274. The van der Waals surface area contributed by atoms with Crippen molar-refractivity contribution in [3.63, 3.8) is 0 Å². The molecule has 0 spiro atoms. The Morgan fingerprint density at radius 3 is 2.72 bits per heavy atom. The first-order valence-corrected chi connectivity index (χ1v) is 8.85. The van der Waals surface area contributed by atoms with Crippen LogP contribution in [-0.4, -0.2) is 28.9 Å². The summed E-state index contributed by atoms with van der Waals surface area (Å²) in [7, 11) is 0. The number of halogens is 3.